The molecule has 4 heterocycles. The van der Waals surface area contributed by atoms with Gasteiger partial charge in [0.15, 0.2) is 10.1 Å². The maximum absolute atomic E-state index is 13.5. The van der Waals surface area contributed by atoms with E-state index in [9.17, 15) is 19.8 Å². The van der Waals surface area contributed by atoms with Crippen LogP contribution in [0.3, 0.4) is 0 Å². The Kier molecular flexibility index (Phi) is 6.78. The monoisotopic (exact) mass is 589 g/mol. The van der Waals surface area contributed by atoms with Crippen molar-refractivity contribution in [1.82, 2.24) is 19.6 Å². The van der Waals surface area contributed by atoms with E-state index in [1.807, 2.05) is 30.3 Å². The van der Waals surface area contributed by atoms with E-state index in [2.05, 4.69) is 15.2 Å². The van der Waals surface area contributed by atoms with Crippen molar-refractivity contribution in [2.75, 3.05) is 4.90 Å². The van der Waals surface area contributed by atoms with Crippen LogP contribution in [-0.4, -0.2) is 41.5 Å². The molecule has 9 nitrogen and oxygen atoms in total. The number of ketones is 1. The van der Waals surface area contributed by atoms with Gasteiger partial charge < -0.3 is 10.2 Å². The number of anilines is 1. The first-order valence-electron chi connectivity index (χ1n) is 12.1. The third-order valence-corrected chi connectivity index (χ3v) is 8.97. The first-order valence-corrected chi connectivity index (χ1v) is 14.2. The van der Waals surface area contributed by atoms with Crippen molar-refractivity contribution in [2.45, 2.75) is 23.1 Å². The highest BCUT2D eigenvalue weighted by molar-refractivity contribution is 8.00. The Balaban J connectivity index is 1.44. The highest BCUT2D eigenvalue weighted by atomic mass is 35.5. The van der Waals surface area contributed by atoms with E-state index in [1.54, 1.807) is 41.8 Å². The summed E-state index contributed by atoms with van der Waals surface area (Å²) in [5.41, 5.74) is 2.72. The van der Waals surface area contributed by atoms with Gasteiger partial charge in [-0.2, -0.15) is 0 Å². The van der Waals surface area contributed by atoms with Crippen molar-refractivity contribution in [3.8, 4) is 5.75 Å². The van der Waals surface area contributed by atoms with Crippen LogP contribution in [0.2, 0.25) is 5.02 Å². The number of aromatic hydroxyl groups is 1. The van der Waals surface area contributed by atoms with E-state index in [0.29, 0.717) is 37.7 Å². The third-order valence-electron chi connectivity index (χ3n) is 6.49. The van der Waals surface area contributed by atoms with Gasteiger partial charge in [-0.1, -0.05) is 71.1 Å². The van der Waals surface area contributed by atoms with E-state index in [4.69, 9.17) is 11.6 Å². The summed E-state index contributed by atoms with van der Waals surface area (Å²) < 4.78 is 2.25. The second-order valence-electron chi connectivity index (χ2n) is 8.97. The molecule has 1 fully saturated rings. The molecule has 0 spiro atoms. The lowest BCUT2D eigenvalue weighted by molar-refractivity contribution is -0.132. The molecule has 2 N–H and O–H groups in total. The second-order valence-corrected chi connectivity index (χ2v) is 11.6. The molecule has 40 heavy (non-hydrogen) atoms. The second kappa shape index (κ2) is 10.4. The quantitative estimate of drug-likeness (QED) is 0.0841. The Bertz CT molecular complexity index is 1820. The molecular formula is C28H20ClN5O4S2. The van der Waals surface area contributed by atoms with Crippen LogP contribution in [0.15, 0.2) is 82.8 Å². The summed E-state index contributed by atoms with van der Waals surface area (Å²) in [6, 6.07) is 18.0. The standard InChI is InChI=1S/C28H20ClN5O4S2/c1-15-22(33-13-5-4-8-20(33)30-15)24(36)21-23(16-9-11-18(35)12-10-16)34(26(38)25(21)37)27-31-32-28(40-27)39-14-17-6-2-3-7-19(17)29/h2-13,23,35-36H,14H2,1H3. The average molecular weight is 590 g/mol. The van der Waals surface area contributed by atoms with Gasteiger partial charge in [0.05, 0.1) is 17.3 Å². The number of aromatic nitrogens is 4. The number of carbonyl (C=O) groups is 2. The van der Waals surface area contributed by atoms with Gasteiger partial charge in [-0.05, 0) is 48.4 Å². The Hall–Kier alpha value is -4.19. The summed E-state index contributed by atoms with van der Waals surface area (Å²) >= 11 is 8.85. The summed E-state index contributed by atoms with van der Waals surface area (Å²) in [4.78, 5) is 32.8. The van der Waals surface area contributed by atoms with E-state index in [-0.39, 0.29) is 22.2 Å². The van der Waals surface area contributed by atoms with Crippen molar-refractivity contribution in [3.63, 3.8) is 0 Å². The van der Waals surface area contributed by atoms with Gasteiger partial charge in [0.1, 0.15) is 17.1 Å². The minimum atomic E-state index is -1.01. The van der Waals surface area contributed by atoms with Crippen LogP contribution in [0.25, 0.3) is 11.4 Å². The number of benzene rings is 2. The molecule has 5 aromatic rings. The van der Waals surface area contributed by atoms with E-state index in [1.165, 1.54) is 28.8 Å². The fourth-order valence-electron chi connectivity index (χ4n) is 4.64. The molecule has 1 aliphatic rings. The molecule has 0 bridgehead atoms. The number of fused-ring (bicyclic) bond motifs is 1. The van der Waals surface area contributed by atoms with Gasteiger partial charge in [0.25, 0.3) is 5.78 Å². The normalized spacial score (nSPS) is 16.8. The van der Waals surface area contributed by atoms with Gasteiger partial charge in [-0.15, -0.1) is 10.2 Å². The number of thioether (sulfide) groups is 1. The number of pyridine rings is 1. The molecule has 1 atom stereocenters. The van der Waals surface area contributed by atoms with Crippen molar-refractivity contribution in [1.29, 1.82) is 0 Å². The van der Waals surface area contributed by atoms with Gasteiger partial charge >= 0.3 is 5.91 Å². The molecule has 0 radical (unpaired) electrons. The number of amides is 1. The van der Waals surface area contributed by atoms with Gasteiger partial charge in [0.2, 0.25) is 5.13 Å². The molecular weight excluding hydrogens is 570 g/mol. The first-order chi connectivity index (χ1) is 19.3. The zero-order chi connectivity index (χ0) is 28.0. The number of aryl methyl sites for hydroxylation is 1. The number of hydrogen-bond acceptors (Lipinski definition) is 9. The Morgan fingerprint density at radius 2 is 1.80 bits per heavy atom. The van der Waals surface area contributed by atoms with E-state index < -0.39 is 17.7 Å². The lowest BCUT2D eigenvalue weighted by Gasteiger charge is -2.22. The highest BCUT2D eigenvalue weighted by Crippen LogP contribution is 2.44. The number of hydrogen-bond donors (Lipinski definition) is 2. The van der Waals surface area contributed by atoms with E-state index >= 15 is 0 Å². The predicted octanol–water partition coefficient (Wildman–Crippen LogP) is 5.77. The Morgan fingerprint density at radius 3 is 2.58 bits per heavy atom. The molecule has 1 saturated heterocycles. The number of Topliss-reactive ketones (excluding diaryl/α,β-unsaturated/α-hetero) is 1. The summed E-state index contributed by atoms with van der Waals surface area (Å²) in [6.45, 7) is 1.72. The number of imidazole rings is 1. The molecule has 3 aromatic heterocycles. The van der Waals surface area contributed by atoms with Crippen LogP contribution in [0, 0.1) is 6.92 Å². The molecule has 12 heteroatoms. The van der Waals surface area contributed by atoms with Crippen LogP contribution in [0.4, 0.5) is 5.13 Å². The van der Waals surface area contributed by atoms with E-state index in [0.717, 1.165) is 16.9 Å². The number of phenolic OH excluding ortho intramolecular Hbond substituents is 1. The zero-order valence-corrected chi connectivity index (χ0v) is 23.2. The predicted molar refractivity (Wildman–Crippen MR) is 154 cm³/mol. The fraction of sp³-hybridized carbons (Fsp3) is 0.107. The minimum absolute atomic E-state index is 0.0208. The van der Waals surface area contributed by atoms with Crippen LogP contribution in [0.5, 0.6) is 5.75 Å². The first kappa shape index (κ1) is 26.1. The number of rotatable bonds is 6. The van der Waals surface area contributed by atoms with Gasteiger partial charge in [0, 0.05) is 17.0 Å². The van der Waals surface area contributed by atoms with Crippen LogP contribution >= 0.6 is 34.7 Å². The number of carbonyl (C=O) groups excluding carboxylic acids is 2. The third kappa shape index (κ3) is 4.51. The molecule has 2 aromatic carbocycles. The van der Waals surface area contributed by atoms with Crippen molar-refractivity contribution < 1.29 is 19.8 Å². The van der Waals surface area contributed by atoms with Crippen LogP contribution < -0.4 is 4.90 Å². The molecule has 6 rings (SSSR count). The summed E-state index contributed by atoms with van der Waals surface area (Å²) in [5, 5.41) is 30.8. The maximum atomic E-state index is 13.5. The summed E-state index contributed by atoms with van der Waals surface area (Å²) in [7, 11) is 0. The lowest BCUT2D eigenvalue weighted by Crippen LogP contribution is -2.29. The fourth-order valence-corrected chi connectivity index (χ4v) is 6.79. The summed E-state index contributed by atoms with van der Waals surface area (Å²) in [5.74, 6) is -1.49. The van der Waals surface area contributed by atoms with Crippen molar-refractivity contribution in [2.24, 2.45) is 0 Å². The maximum Gasteiger partial charge on any atom is 0.301 e. The van der Waals surface area contributed by atoms with Crippen molar-refractivity contribution in [3.05, 3.63) is 106 Å². The molecule has 0 saturated carbocycles. The van der Waals surface area contributed by atoms with Gasteiger partial charge in [-0.25, -0.2) is 4.98 Å². The minimum Gasteiger partial charge on any atom is -0.508 e. The molecule has 1 unspecified atom stereocenters. The molecule has 1 amide bonds. The van der Waals surface area contributed by atoms with Crippen LogP contribution in [0.1, 0.15) is 28.6 Å². The smallest absolute Gasteiger partial charge is 0.301 e. The van der Waals surface area contributed by atoms with Crippen LogP contribution in [-0.2, 0) is 15.3 Å². The SMILES string of the molecule is Cc1nc2ccccn2c1C(O)=C1C(=O)C(=O)N(c2nnc(SCc3ccccc3Cl)s2)C1c1ccc(O)cc1. The Morgan fingerprint density at radius 1 is 1.05 bits per heavy atom. The average Bonchev–Trinajstić information content (AvgIpc) is 3.62. The molecule has 1 aliphatic heterocycles. The largest absolute Gasteiger partial charge is 0.508 e. The topological polar surface area (TPSA) is 121 Å². The number of phenols is 1. The molecule has 200 valence electrons. The lowest BCUT2D eigenvalue weighted by atomic mass is 9.96. The number of halogens is 1. The number of aliphatic hydroxyl groups is 1. The number of aliphatic hydroxyl groups excluding tert-OH is 1. The Labute approximate surface area is 241 Å². The van der Waals surface area contributed by atoms with Crippen molar-refractivity contribution >= 4 is 62.9 Å². The highest BCUT2D eigenvalue weighted by Gasteiger charge is 2.48. The summed E-state index contributed by atoms with van der Waals surface area (Å²) in [6.07, 6.45) is 1.73. The zero-order valence-electron chi connectivity index (χ0n) is 20.9. The molecule has 0 aliphatic carbocycles. The van der Waals surface area contributed by atoms with Gasteiger partial charge in [-0.3, -0.25) is 18.9 Å². The number of nitrogens with zero attached hydrogens (tertiary/aromatic N) is 5.